The second-order valence-electron chi connectivity index (χ2n) is 4.11. The van der Waals surface area contributed by atoms with E-state index in [2.05, 4.69) is 10.6 Å². The molecule has 2 N–H and O–H groups in total. The Morgan fingerprint density at radius 2 is 2.18 bits per heavy atom. The maximum Gasteiger partial charge on any atom is 0.220 e. The van der Waals surface area contributed by atoms with Crippen molar-refractivity contribution in [2.75, 3.05) is 20.1 Å². The molecule has 1 aromatic carbocycles. The lowest BCUT2D eigenvalue weighted by Gasteiger charge is -2.12. The highest BCUT2D eigenvalue weighted by molar-refractivity contribution is 5.76. The third-order valence-corrected chi connectivity index (χ3v) is 2.61. The fourth-order valence-corrected chi connectivity index (χ4v) is 1.61. The van der Waals surface area contributed by atoms with E-state index in [0.29, 0.717) is 13.0 Å². The molecule has 0 heterocycles. The Morgan fingerprint density at radius 3 is 2.82 bits per heavy atom. The van der Waals surface area contributed by atoms with E-state index in [1.807, 2.05) is 20.0 Å². The second-order valence-corrected chi connectivity index (χ2v) is 4.11. The summed E-state index contributed by atoms with van der Waals surface area (Å²) in [4.78, 5) is 11.6. The van der Waals surface area contributed by atoms with Crippen molar-refractivity contribution in [3.63, 3.8) is 0 Å². The Bertz CT molecular complexity index is 368. The second kappa shape index (κ2) is 7.01. The van der Waals surface area contributed by atoms with Crippen LogP contribution in [0.15, 0.2) is 24.3 Å². The summed E-state index contributed by atoms with van der Waals surface area (Å²) in [5, 5.41) is 5.75. The Balaban J connectivity index is 2.43. The molecule has 0 saturated heterocycles. The number of carbonyl (C=O) groups is 1. The van der Waals surface area contributed by atoms with Gasteiger partial charge in [-0.1, -0.05) is 19.1 Å². The predicted octanol–water partition coefficient (Wildman–Crippen LogP) is 1.65. The average Bonchev–Trinajstić information content (AvgIpc) is 2.29. The monoisotopic (exact) mass is 238 g/mol. The first kappa shape index (κ1) is 13.6. The van der Waals surface area contributed by atoms with Crippen LogP contribution in [0.4, 0.5) is 4.39 Å². The first-order valence-electron chi connectivity index (χ1n) is 5.80. The fraction of sp³-hybridized carbons (Fsp3) is 0.462. The van der Waals surface area contributed by atoms with E-state index in [1.54, 1.807) is 6.07 Å². The van der Waals surface area contributed by atoms with Crippen LogP contribution in [0.5, 0.6) is 0 Å². The molecule has 0 aliphatic heterocycles. The van der Waals surface area contributed by atoms with E-state index in [-0.39, 0.29) is 17.6 Å². The summed E-state index contributed by atoms with van der Waals surface area (Å²) in [6, 6.07) is 6.39. The number of likely N-dealkylation sites (N-methyl/N-ethyl adjacent to an activating group) is 1. The molecule has 0 radical (unpaired) electrons. The molecule has 0 aliphatic rings. The van der Waals surface area contributed by atoms with Crippen LogP contribution in [-0.2, 0) is 4.79 Å². The van der Waals surface area contributed by atoms with Crippen LogP contribution in [0.25, 0.3) is 0 Å². The van der Waals surface area contributed by atoms with E-state index < -0.39 is 0 Å². The first-order chi connectivity index (χ1) is 8.13. The van der Waals surface area contributed by atoms with Crippen LogP contribution in [0.2, 0.25) is 0 Å². The maximum absolute atomic E-state index is 13.0. The highest BCUT2D eigenvalue weighted by Gasteiger charge is 2.11. The Kier molecular flexibility index (Phi) is 5.63. The van der Waals surface area contributed by atoms with Gasteiger partial charge in [-0.15, -0.1) is 0 Å². The molecule has 1 amide bonds. The number of nitrogens with one attached hydrogen (secondary N) is 2. The number of halogens is 1. The van der Waals surface area contributed by atoms with Crippen molar-refractivity contribution in [1.82, 2.24) is 10.6 Å². The Hall–Kier alpha value is -1.42. The summed E-state index contributed by atoms with van der Waals surface area (Å²) in [6.07, 6.45) is 0.382. The topological polar surface area (TPSA) is 41.1 Å². The zero-order chi connectivity index (χ0) is 12.7. The number of amides is 1. The van der Waals surface area contributed by atoms with Crippen LogP contribution in [0.3, 0.4) is 0 Å². The molecule has 17 heavy (non-hydrogen) atoms. The minimum absolute atomic E-state index is 0.00277. The first-order valence-corrected chi connectivity index (χ1v) is 5.80. The highest BCUT2D eigenvalue weighted by atomic mass is 19.1. The Morgan fingerprint density at radius 1 is 1.41 bits per heavy atom. The fourth-order valence-electron chi connectivity index (χ4n) is 1.61. The Labute approximate surface area is 101 Å². The van der Waals surface area contributed by atoms with Gasteiger partial charge >= 0.3 is 0 Å². The summed E-state index contributed by atoms with van der Waals surface area (Å²) >= 11 is 0. The van der Waals surface area contributed by atoms with Gasteiger partial charge in [0.15, 0.2) is 0 Å². The SMILES string of the molecule is CNCCNC(=O)CC(C)c1cccc(F)c1. The van der Waals surface area contributed by atoms with Gasteiger partial charge in [-0.2, -0.15) is 0 Å². The normalized spacial score (nSPS) is 12.2. The summed E-state index contributed by atoms with van der Waals surface area (Å²) < 4.78 is 13.0. The standard InChI is InChI=1S/C13H19FN2O/c1-10(8-13(17)16-7-6-15-2)11-4-3-5-12(14)9-11/h3-5,9-10,15H,6-8H2,1-2H3,(H,16,17). The van der Waals surface area contributed by atoms with Gasteiger partial charge in [0.05, 0.1) is 0 Å². The van der Waals surface area contributed by atoms with Crippen molar-refractivity contribution in [3.05, 3.63) is 35.6 Å². The minimum atomic E-state index is -0.259. The summed E-state index contributed by atoms with van der Waals surface area (Å²) in [7, 11) is 1.83. The molecular formula is C13H19FN2O. The number of hydrogen-bond acceptors (Lipinski definition) is 2. The van der Waals surface area contributed by atoms with Crippen molar-refractivity contribution in [2.24, 2.45) is 0 Å². The van der Waals surface area contributed by atoms with Crippen LogP contribution >= 0.6 is 0 Å². The lowest BCUT2D eigenvalue weighted by molar-refractivity contribution is -0.121. The van der Waals surface area contributed by atoms with Gasteiger partial charge in [-0.25, -0.2) is 4.39 Å². The van der Waals surface area contributed by atoms with Crippen LogP contribution in [0.1, 0.15) is 24.8 Å². The lowest BCUT2D eigenvalue weighted by atomic mass is 9.97. The van der Waals surface area contributed by atoms with Crippen LogP contribution in [0, 0.1) is 5.82 Å². The molecule has 0 aliphatic carbocycles. The smallest absolute Gasteiger partial charge is 0.220 e. The molecule has 3 nitrogen and oxygen atoms in total. The molecule has 0 bridgehead atoms. The average molecular weight is 238 g/mol. The summed E-state index contributed by atoms with van der Waals surface area (Å²) in [6.45, 7) is 3.29. The van der Waals surface area contributed by atoms with Gasteiger partial charge in [0.25, 0.3) is 0 Å². The molecule has 4 heteroatoms. The van der Waals surface area contributed by atoms with Crippen molar-refractivity contribution >= 4 is 5.91 Å². The molecule has 0 aromatic heterocycles. The van der Waals surface area contributed by atoms with E-state index in [9.17, 15) is 9.18 Å². The largest absolute Gasteiger partial charge is 0.355 e. The molecule has 0 fully saturated rings. The van der Waals surface area contributed by atoms with Gasteiger partial charge in [0.1, 0.15) is 5.82 Å². The van der Waals surface area contributed by atoms with Crippen molar-refractivity contribution < 1.29 is 9.18 Å². The third kappa shape index (κ3) is 4.95. The van der Waals surface area contributed by atoms with Gasteiger partial charge in [-0.3, -0.25) is 4.79 Å². The summed E-state index contributed by atoms with van der Waals surface area (Å²) in [5.74, 6) is -0.234. The molecule has 1 atom stereocenters. The molecule has 1 unspecified atom stereocenters. The zero-order valence-electron chi connectivity index (χ0n) is 10.3. The van der Waals surface area contributed by atoms with Gasteiger partial charge in [0.2, 0.25) is 5.91 Å². The molecule has 0 spiro atoms. The van der Waals surface area contributed by atoms with E-state index >= 15 is 0 Å². The predicted molar refractivity (Wildman–Crippen MR) is 66.4 cm³/mol. The molecule has 0 saturated carbocycles. The van der Waals surface area contributed by atoms with E-state index in [4.69, 9.17) is 0 Å². The maximum atomic E-state index is 13.0. The number of benzene rings is 1. The van der Waals surface area contributed by atoms with Crippen molar-refractivity contribution in [2.45, 2.75) is 19.3 Å². The molecule has 1 aromatic rings. The number of hydrogen-bond donors (Lipinski definition) is 2. The van der Waals surface area contributed by atoms with Crippen molar-refractivity contribution in [3.8, 4) is 0 Å². The lowest BCUT2D eigenvalue weighted by Crippen LogP contribution is -2.31. The van der Waals surface area contributed by atoms with Crippen molar-refractivity contribution in [1.29, 1.82) is 0 Å². The molecule has 94 valence electrons. The van der Waals surface area contributed by atoms with Gasteiger partial charge in [-0.05, 0) is 30.7 Å². The number of carbonyl (C=O) groups excluding carboxylic acids is 1. The minimum Gasteiger partial charge on any atom is -0.355 e. The van der Waals surface area contributed by atoms with Gasteiger partial charge < -0.3 is 10.6 Å². The zero-order valence-corrected chi connectivity index (χ0v) is 10.3. The molecular weight excluding hydrogens is 219 g/mol. The highest BCUT2D eigenvalue weighted by Crippen LogP contribution is 2.19. The van der Waals surface area contributed by atoms with E-state index in [1.165, 1.54) is 12.1 Å². The number of rotatable bonds is 6. The van der Waals surface area contributed by atoms with Crippen LogP contribution < -0.4 is 10.6 Å². The van der Waals surface area contributed by atoms with E-state index in [0.717, 1.165) is 12.1 Å². The summed E-state index contributed by atoms with van der Waals surface area (Å²) in [5.41, 5.74) is 0.855. The van der Waals surface area contributed by atoms with Crippen LogP contribution in [-0.4, -0.2) is 26.0 Å². The quantitative estimate of drug-likeness (QED) is 0.740. The third-order valence-electron chi connectivity index (χ3n) is 2.61. The molecule has 1 rings (SSSR count). The van der Waals surface area contributed by atoms with Gasteiger partial charge in [0, 0.05) is 19.5 Å².